The van der Waals surface area contributed by atoms with E-state index in [1.807, 2.05) is 6.92 Å². The predicted molar refractivity (Wildman–Crippen MR) is 47.8 cm³/mol. The van der Waals surface area contributed by atoms with E-state index in [1.54, 1.807) is 0 Å². The number of carbonyl (C=O) groups excluding carboxylic acids is 2. The minimum atomic E-state index is -0.390. The number of carbonyl (C=O) groups is 2. The lowest BCUT2D eigenvalue weighted by atomic mass is 10.3. The molecule has 3 amide bonds. The number of hydrogen-bond acceptors (Lipinski definition) is 3. The molecule has 0 radical (unpaired) electrons. The van der Waals surface area contributed by atoms with Gasteiger partial charge in [0.05, 0.1) is 11.5 Å². The summed E-state index contributed by atoms with van der Waals surface area (Å²) in [6.07, 6.45) is 1.45. The second kappa shape index (κ2) is 3.62. The van der Waals surface area contributed by atoms with Crippen molar-refractivity contribution in [2.75, 3.05) is 6.54 Å². The van der Waals surface area contributed by atoms with E-state index in [-0.39, 0.29) is 12.5 Å². The fourth-order valence-electron chi connectivity index (χ4n) is 1.00. The molecule has 0 aromatic rings. The highest BCUT2D eigenvalue weighted by molar-refractivity contribution is 7.80. The average Bonchev–Trinajstić information content (AvgIpc) is 2.32. The molecule has 0 bridgehead atoms. The molecule has 1 saturated heterocycles. The molecule has 1 N–H and O–H groups in total. The Morgan fingerprint density at radius 3 is 2.75 bits per heavy atom. The van der Waals surface area contributed by atoms with E-state index < -0.39 is 6.03 Å². The zero-order valence-electron chi connectivity index (χ0n) is 6.79. The molecule has 0 aliphatic carbocycles. The Hall–Kier alpha value is -0.970. The number of rotatable bonds is 2. The highest BCUT2D eigenvalue weighted by atomic mass is 32.1. The van der Waals surface area contributed by atoms with E-state index in [0.29, 0.717) is 11.4 Å². The number of amides is 3. The Bertz CT molecular complexity index is 224. The number of nitrogens with one attached hydrogen (secondary N) is 1. The molecule has 66 valence electrons. The van der Waals surface area contributed by atoms with Gasteiger partial charge in [0.25, 0.3) is 5.91 Å². The molecule has 0 unspecified atom stereocenters. The molecular weight excluding hydrogens is 176 g/mol. The second-order valence-electron chi connectivity index (χ2n) is 2.53. The largest absolute Gasteiger partial charge is 0.329 e. The SMILES string of the molecule is CCCC(=S)N1C(=O)CNC1=O. The monoisotopic (exact) mass is 186 g/mol. The predicted octanol–water partition coefficient (Wildman–Crippen LogP) is 0.666. The molecule has 0 aromatic carbocycles. The molecule has 12 heavy (non-hydrogen) atoms. The summed E-state index contributed by atoms with van der Waals surface area (Å²) in [5.74, 6) is -0.251. The van der Waals surface area contributed by atoms with Crippen LogP contribution in [-0.4, -0.2) is 28.4 Å². The molecule has 0 atom stereocenters. The van der Waals surface area contributed by atoms with Crippen molar-refractivity contribution in [3.05, 3.63) is 0 Å². The number of nitrogens with zero attached hydrogens (tertiary/aromatic N) is 1. The zero-order chi connectivity index (χ0) is 9.14. The van der Waals surface area contributed by atoms with Gasteiger partial charge in [0.2, 0.25) is 0 Å². The van der Waals surface area contributed by atoms with Crippen molar-refractivity contribution in [2.24, 2.45) is 0 Å². The molecule has 0 spiro atoms. The first-order chi connectivity index (χ1) is 5.66. The van der Waals surface area contributed by atoms with E-state index in [0.717, 1.165) is 11.3 Å². The Balaban J connectivity index is 2.66. The molecule has 0 saturated carbocycles. The number of thiocarbonyl (C=S) groups is 1. The van der Waals surface area contributed by atoms with Gasteiger partial charge in [-0.15, -0.1) is 0 Å². The van der Waals surface area contributed by atoms with Gasteiger partial charge in [0, 0.05) is 0 Å². The van der Waals surface area contributed by atoms with Crippen molar-refractivity contribution in [1.82, 2.24) is 10.2 Å². The van der Waals surface area contributed by atoms with Crippen molar-refractivity contribution in [2.45, 2.75) is 19.8 Å². The Morgan fingerprint density at radius 2 is 2.33 bits per heavy atom. The number of imide groups is 1. The van der Waals surface area contributed by atoms with Crippen LogP contribution in [0.4, 0.5) is 4.79 Å². The first-order valence-electron chi connectivity index (χ1n) is 3.80. The van der Waals surface area contributed by atoms with E-state index in [9.17, 15) is 9.59 Å². The van der Waals surface area contributed by atoms with Crippen LogP contribution in [0.1, 0.15) is 19.8 Å². The van der Waals surface area contributed by atoms with E-state index >= 15 is 0 Å². The quantitative estimate of drug-likeness (QED) is 0.509. The maximum atomic E-state index is 11.1. The van der Waals surface area contributed by atoms with Crippen LogP contribution < -0.4 is 5.32 Å². The molecule has 1 aliphatic heterocycles. The lowest BCUT2D eigenvalue weighted by Crippen LogP contribution is -2.35. The Morgan fingerprint density at radius 1 is 1.67 bits per heavy atom. The van der Waals surface area contributed by atoms with Gasteiger partial charge in [-0.1, -0.05) is 19.1 Å². The number of urea groups is 1. The van der Waals surface area contributed by atoms with Gasteiger partial charge >= 0.3 is 6.03 Å². The van der Waals surface area contributed by atoms with Gasteiger partial charge in [-0.05, 0) is 12.8 Å². The molecule has 1 aliphatic rings. The summed E-state index contributed by atoms with van der Waals surface area (Å²) in [4.78, 5) is 23.5. The highest BCUT2D eigenvalue weighted by Crippen LogP contribution is 2.05. The fourth-order valence-corrected chi connectivity index (χ4v) is 1.39. The van der Waals surface area contributed by atoms with Crippen molar-refractivity contribution in [3.8, 4) is 0 Å². The van der Waals surface area contributed by atoms with Gasteiger partial charge < -0.3 is 5.32 Å². The maximum absolute atomic E-state index is 11.1. The van der Waals surface area contributed by atoms with Crippen molar-refractivity contribution in [3.63, 3.8) is 0 Å². The third-order valence-corrected chi connectivity index (χ3v) is 1.94. The van der Waals surface area contributed by atoms with Crippen LogP contribution in [0.25, 0.3) is 0 Å². The summed E-state index contributed by atoms with van der Waals surface area (Å²) in [6, 6.07) is -0.390. The summed E-state index contributed by atoms with van der Waals surface area (Å²) >= 11 is 4.91. The lowest BCUT2D eigenvalue weighted by Gasteiger charge is -2.11. The first kappa shape index (κ1) is 9.12. The Labute approximate surface area is 75.9 Å². The molecule has 4 nitrogen and oxygen atoms in total. The van der Waals surface area contributed by atoms with Crippen LogP contribution in [0.2, 0.25) is 0 Å². The third kappa shape index (κ3) is 1.61. The topological polar surface area (TPSA) is 49.4 Å². The van der Waals surface area contributed by atoms with Crippen molar-refractivity contribution < 1.29 is 9.59 Å². The minimum absolute atomic E-state index is 0.0721. The van der Waals surface area contributed by atoms with Gasteiger partial charge in [-0.2, -0.15) is 0 Å². The summed E-state index contributed by atoms with van der Waals surface area (Å²) in [5.41, 5.74) is 0. The summed E-state index contributed by atoms with van der Waals surface area (Å²) < 4.78 is 0. The first-order valence-corrected chi connectivity index (χ1v) is 4.21. The minimum Gasteiger partial charge on any atom is -0.328 e. The Kier molecular flexibility index (Phi) is 2.75. The van der Waals surface area contributed by atoms with Gasteiger partial charge in [-0.25, -0.2) is 9.69 Å². The molecule has 5 heteroatoms. The van der Waals surface area contributed by atoms with Gasteiger partial charge in [0.1, 0.15) is 0 Å². The van der Waals surface area contributed by atoms with Crippen LogP contribution in [0, 0.1) is 0 Å². The zero-order valence-corrected chi connectivity index (χ0v) is 7.61. The number of hydrogen-bond donors (Lipinski definition) is 1. The lowest BCUT2D eigenvalue weighted by molar-refractivity contribution is -0.122. The van der Waals surface area contributed by atoms with E-state index in [4.69, 9.17) is 12.2 Å². The normalized spacial score (nSPS) is 16.6. The van der Waals surface area contributed by atoms with Crippen molar-refractivity contribution >= 4 is 29.1 Å². The highest BCUT2D eigenvalue weighted by Gasteiger charge is 2.30. The van der Waals surface area contributed by atoms with Crippen LogP contribution in [0.3, 0.4) is 0 Å². The molecular formula is C7H10N2O2S. The molecule has 1 heterocycles. The summed E-state index contributed by atoms with van der Waals surface area (Å²) in [5, 5.41) is 2.41. The smallest absolute Gasteiger partial charge is 0.328 e. The average molecular weight is 186 g/mol. The second-order valence-corrected chi connectivity index (χ2v) is 3.00. The molecule has 1 rings (SSSR count). The van der Waals surface area contributed by atoms with Crippen LogP contribution >= 0.6 is 12.2 Å². The van der Waals surface area contributed by atoms with Gasteiger partial charge in [0.15, 0.2) is 0 Å². The van der Waals surface area contributed by atoms with Crippen LogP contribution in [-0.2, 0) is 4.79 Å². The van der Waals surface area contributed by atoms with Crippen molar-refractivity contribution in [1.29, 1.82) is 0 Å². The summed E-state index contributed by atoms with van der Waals surface area (Å²) in [6.45, 7) is 2.02. The third-order valence-electron chi connectivity index (χ3n) is 1.56. The fraction of sp³-hybridized carbons (Fsp3) is 0.571. The van der Waals surface area contributed by atoms with Crippen LogP contribution in [0.5, 0.6) is 0 Å². The maximum Gasteiger partial charge on any atom is 0.329 e. The standard InChI is InChI=1S/C7H10N2O2S/c1-2-3-6(12)9-5(10)4-8-7(9)11/h2-4H2,1H3,(H,8,11). The van der Waals surface area contributed by atoms with E-state index in [2.05, 4.69) is 5.32 Å². The van der Waals surface area contributed by atoms with E-state index in [1.165, 1.54) is 0 Å². The van der Waals surface area contributed by atoms with Crippen LogP contribution in [0.15, 0.2) is 0 Å². The molecule has 1 fully saturated rings. The summed E-state index contributed by atoms with van der Waals surface area (Å²) in [7, 11) is 0. The molecule has 0 aromatic heterocycles. The van der Waals surface area contributed by atoms with Gasteiger partial charge in [-0.3, -0.25) is 4.79 Å².